The molecule has 0 unspecified atom stereocenters. The largest absolute Gasteiger partial charge is 0.417 e. The number of nitrogens with one attached hydrogen (secondary N) is 1. The first kappa shape index (κ1) is 15.8. The van der Waals surface area contributed by atoms with Crippen LogP contribution in [-0.4, -0.2) is 36.3 Å². The highest BCUT2D eigenvalue weighted by molar-refractivity contribution is 9.10. The van der Waals surface area contributed by atoms with Crippen molar-refractivity contribution in [3.05, 3.63) is 33.8 Å². The number of benzene rings is 1. The molecule has 1 aromatic rings. The molecular weight excluding hydrogens is 353 g/mol. The topological polar surface area (TPSA) is 49.4 Å². The van der Waals surface area contributed by atoms with Gasteiger partial charge in [0.15, 0.2) is 0 Å². The van der Waals surface area contributed by atoms with Gasteiger partial charge < -0.3 is 10.2 Å². The average Bonchev–Trinajstić information content (AvgIpc) is 2.62. The molecule has 4 nitrogen and oxygen atoms in total. The Labute approximate surface area is 127 Å². The number of halogens is 4. The predicted octanol–water partition coefficient (Wildman–Crippen LogP) is 2.43. The van der Waals surface area contributed by atoms with Crippen molar-refractivity contribution in [3.8, 4) is 0 Å². The summed E-state index contributed by atoms with van der Waals surface area (Å²) < 4.78 is 39.4. The van der Waals surface area contributed by atoms with Gasteiger partial charge in [-0.3, -0.25) is 9.59 Å². The Balaban J connectivity index is 2.32. The molecule has 8 heteroatoms. The van der Waals surface area contributed by atoms with Crippen molar-refractivity contribution in [1.29, 1.82) is 0 Å². The summed E-state index contributed by atoms with van der Waals surface area (Å²) >= 11 is 2.97. The lowest BCUT2D eigenvalue weighted by molar-refractivity contribution is -0.138. The minimum Gasteiger partial charge on any atom is -0.354 e. The summed E-state index contributed by atoms with van der Waals surface area (Å²) in [7, 11) is 0. The summed E-state index contributed by atoms with van der Waals surface area (Å²) in [6, 6.07) is 3.42. The molecule has 0 aliphatic carbocycles. The van der Waals surface area contributed by atoms with Gasteiger partial charge in [-0.25, -0.2) is 0 Å². The van der Waals surface area contributed by atoms with Crippen LogP contribution in [0.3, 0.4) is 0 Å². The Morgan fingerprint density at radius 1 is 1.29 bits per heavy atom. The number of carbonyl (C=O) groups is 2. The Hall–Kier alpha value is -1.57. The van der Waals surface area contributed by atoms with E-state index < -0.39 is 23.2 Å². The van der Waals surface area contributed by atoms with E-state index in [9.17, 15) is 22.8 Å². The van der Waals surface area contributed by atoms with Gasteiger partial charge in [0.1, 0.15) is 0 Å². The van der Waals surface area contributed by atoms with Crippen molar-refractivity contribution in [3.63, 3.8) is 0 Å². The van der Waals surface area contributed by atoms with Crippen LogP contribution in [0, 0.1) is 0 Å². The monoisotopic (exact) mass is 364 g/mol. The smallest absolute Gasteiger partial charge is 0.354 e. The maximum absolute atomic E-state index is 13.0. The Morgan fingerprint density at radius 2 is 2.00 bits per heavy atom. The quantitative estimate of drug-likeness (QED) is 0.831. The Bertz CT molecular complexity index is 575. The molecule has 0 radical (unpaired) electrons. The Morgan fingerprint density at radius 3 is 2.67 bits per heavy atom. The van der Waals surface area contributed by atoms with Gasteiger partial charge in [-0.2, -0.15) is 13.2 Å². The molecule has 0 saturated carbocycles. The molecule has 1 aliphatic rings. The number of hydrogen-bond donors (Lipinski definition) is 1. The van der Waals surface area contributed by atoms with Crippen molar-refractivity contribution >= 4 is 27.7 Å². The van der Waals surface area contributed by atoms with Crippen LogP contribution in [0.15, 0.2) is 22.7 Å². The van der Waals surface area contributed by atoms with E-state index in [1.807, 2.05) is 0 Å². The van der Waals surface area contributed by atoms with Crippen LogP contribution in [-0.2, 0) is 11.0 Å². The molecule has 1 heterocycles. The summed E-state index contributed by atoms with van der Waals surface area (Å²) in [5.41, 5.74) is -1.38. The second-order valence-electron chi connectivity index (χ2n) is 4.58. The van der Waals surface area contributed by atoms with Crippen LogP contribution in [0.2, 0.25) is 0 Å². The van der Waals surface area contributed by atoms with Gasteiger partial charge >= 0.3 is 6.18 Å². The highest BCUT2D eigenvalue weighted by atomic mass is 79.9. The lowest BCUT2D eigenvalue weighted by Crippen LogP contribution is -2.35. The third-order valence-corrected chi connectivity index (χ3v) is 3.61. The maximum Gasteiger partial charge on any atom is 0.417 e. The van der Waals surface area contributed by atoms with E-state index in [2.05, 4.69) is 21.2 Å². The lowest BCUT2D eigenvalue weighted by Gasteiger charge is -2.22. The molecule has 1 fully saturated rings. The lowest BCUT2D eigenvalue weighted by atomic mass is 10.1. The van der Waals surface area contributed by atoms with Gasteiger partial charge in [0.05, 0.1) is 11.1 Å². The van der Waals surface area contributed by atoms with Crippen LogP contribution in [0.4, 0.5) is 13.2 Å². The molecule has 1 saturated heterocycles. The van der Waals surface area contributed by atoms with Crippen molar-refractivity contribution in [1.82, 2.24) is 10.2 Å². The van der Waals surface area contributed by atoms with E-state index in [0.29, 0.717) is 0 Å². The van der Waals surface area contributed by atoms with Crippen LogP contribution in [0.5, 0.6) is 0 Å². The molecule has 0 atom stereocenters. The molecule has 0 aromatic heterocycles. The van der Waals surface area contributed by atoms with Gasteiger partial charge in [-0.15, -0.1) is 0 Å². The SMILES string of the molecule is O=C1CCN(C(=O)c2ccc(Br)cc2C(F)(F)F)CCN1. The first-order valence-electron chi connectivity index (χ1n) is 6.22. The third-order valence-electron chi connectivity index (χ3n) is 3.12. The first-order chi connectivity index (χ1) is 9.79. The van der Waals surface area contributed by atoms with Gasteiger partial charge in [-0.1, -0.05) is 15.9 Å². The first-order valence-corrected chi connectivity index (χ1v) is 7.01. The molecule has 1 N–H and O–H groups in total. The van der Waals surface area contributed by atoms with E-state index in [-0.39, 0.29) is 36.4 Å². The van der Waals surface area contributed by atoms with Crippen LogP contribution >= 0.6 is 15.9 Å². The van der Waals surface area contributed by atoms with Gasteiger partial charge in [-0.05, 0) is 18.2 Å². The van der Waals surface area contributed by atoms with Crippen LogP contribution < -0.4 is 5.32 Å². The Kier molecular flexibility index (Phi) is 4.55. The zero-order valence-corrected chi connectivity index (χ0v) is 12.4. The third kappa shape index (κ3) is 3.75. The van der Waals surface area contributed by atoms with Crippen molar-refractivity contribution in [2.75, 3.05) is 19.6 Å². The maximum atomic E-state index is 13.0. The van der Waals surface area contributed by atoms with Crippen molar-refractivity contribution in [2.24, 2.45) is 0 Å². The van der Waals surface area contributed by atoms with E-state index in [4.69, 9.17) is 0 Å². The molecule has 1 aliphatic heterocycles. The highest BCUT2D eigenvalue weighted by Crippen LogP contribution is 2.34. The van der Waals surface area contributed by atoms with E-state index >= 15 is 0 Å². The fraction of sp³-hybridized carbons (Fsp3) is 0.385. The fourth-order valence-corrected chi connectivity index (χ4v) is 2.44. The predicted molar refractivity (Wildman–Crippen MR) is 72.7 cm³/mol. The van der Waals surface area contributed by atoms with Gasteiger partial charge in [0.25, 0.3) is 5.91 Å². The average molecular weight is 365 g/mol. The number of nitrogens with zero attached hydrogens (tertiary/aromatic N) is 1. The number of amides is 2. The fourth-order valence-electron chi connectivity index (χ4n) is 2.08. The van der Waals surface area contributed by atoms with Gasteiger partial charge in [0, 0.05) is 30.5 Å². The van der Waals surface area contributed by atoms with Crippen LogP contribution in [0.1, 0.15) is 22.3 Å². The molecule has 2 amide bonds. The van der Waals surface area contributed by atoms with Crippen molar-refractivity contribution < 1.29 is 22.8 Å². The van der Waals surface area contributed by atoms with E-state index in [1.54, 1.807) is 0 Å². The standard InChI is InChI=1S/C13H12BrF3N2O2/c14-8-1-2-9(10(7-8)13(15,16)17)12(21)19-5-3-11(20)18-4-6-19/h1-2,7H,3-6H2,(H,18,20). The summed E-state index contributed by atoms with van der Waals surface area (Å²) in [6.45, 7) is 0.540. The zero-order chi connectivity index (χ0) is 15.6. The summed E-state index contributed by atoms with van der Waals surface area (Å²) in [5.74, 6) is -0.927. The molecule has 1 aromatic carbocycles. The normalized spacial score (nSPS) is 16.4. The summed E-state index contributed by atoms with van der Waals surface area (Å²) in [4.78, 5) is 24.8. The molecule has 0 bridgehead atoms. The molecule has 2 rings (SSSR count). The number of rotatable bonds is 1. The number of alkyl halides is 3. The molecule has 114 valence electrons. The molecular formula is C13H12BrF3N2O2. The molecule has 0 spiro atoms. The van der Waals surface area contributed by atoms with Crippen molar-refractivity contribution in [2.45, 2.75) is 12.6 Å². The van der Waals surface area contributed by atoms with E-state index in [0.717, 1.165) is 12.1 Å². The highest BCUT2D eigenvalue weighted by Gasteiger charge is 2.36. The number of carbonyl (C=O) groups excluding carboxylic acids is 2. The second-order valence-corrected chi connectivity index (χ2v) is 5.50. The van der Waals surface area contributed by atoms with E-state index in [1.165, 1.54) is 11.0 Å². The van der Waals surface area contributed by atoms with Gasteiger partial charge in [0.2, 0.25) is 5.91 Å². The van der Waals surface area contributed by atoms with Crippen LogP contribution in [0.25, 0.3) is 0 Å². The second kappa shape index (κ2) is 6.05. The summed E-state index contributed by atoms with van der Waals surface area (Å²) in [6.07, 6.45) is -4.53. The minimum atomic E-state index is -4.62. The number of hydrogen-bond acceptors (Lipinski definition) is 2. The summed E-state index contributed by atoms with van der Waals surface area (Å²) in [5, 5.41) is 2.57. The minimum absolute atomic E-state index is 0.0869. The zero-order valence-electron chi connectivity index (χ0n) is 10.8. The molecule has 21 heavy (non-hydrogen) atoms.